The van der Waals surface area contributed by atoms with Crippen molar-refractivity contribution in [2.45, 2.75) is 10.9 Å². The Morgan fingerprint density at radius 3 is 2.54 bits per heavy atom. The van der Waals surface area contributed by atoms with Gasteiger partial charge in [0.2, 0.25) is 0 Å². The van der Waals surface area contributed by atoms with Crippen LogP contribution in [0.1, 0.15) is 11.6 Å². The molecule has 0 spiro atoms. The Kier molecular flexibility index (Phi) is 6.55. The van der Waals surface area contributed by atoms with Crippen LogP contribution in [0.25, 0.3) is 0 Å². The van der Waals surface area contributed by atoms with Crippen LogP contribution in [0.2, 0.25) is 0 Å². The van der Waals surface area contributed by atoms with Gasteiger partial charge in [0.25, 0.3) is 10.0 Å². The first-order valence-corrected chi connectivity index (χ1v) is 10.7. The lowest BCUT2D eigenvalue weighted by atomic mass is 9.95. The molecule has 0 bridgehead atoms. The zero-order valence-corrected chi connectivity index (χ0v) is 17.7. The summed E-state index contributed by atoms with van der Waals surface area (Å²) in [5.41, 5.74) is 7.22. The second kappa shape index (κ2) is 8.91. The molecular weight excluding hydrogens is 448 g/mol. The van der Waals surface area contributed by atoms with Crippen LogP contribution in [0, 0.1) is 5.92 Å². The van der Waals surface area contributed by atoms with Gasteiger partial charge in [-0.2, -0.15) is 13.5 Å². The number of methoxy groups -OCH3 is 2. The van der Waals surface area contributed by atoms with Gasteiger partial charge in [-0.05, 0) is 42.0 Å². The summed E-state index contributed by atoms with van der Waals surface area (Å²) in [4.78, 5) is 2.41. The Morgan fingerprint density at radius 2 is 1.86 bits per heavy atom. The van der Waals surface area contributed by atoms with Crippen molar-refractivity contribution in [1.29, 1.82) is 0 Å². The van der Waals surface area contributed by atoms with Crippen LogP contribution in [-0.4, -0.2) is 35.4 Å². The molecule has 1 heterocycles. The number of nitrogens with one attached hydrogen (secondary N) is 3. The van der Waals surface area contributed by atoms with E-state index in [9.17, 15) is 8.42 Å². The average molecular weight is 469 g/mol. The van der Waals surface area contributed by atoms with Gasteiger partial charge in [0.05, 0.1) is 25.2 Å². The molecule has 1 aliphatic heterocycles. The Bertz CT molecular complexity index is 951. The van der Waals surface area contributed by atoms with E-state index in [-0.39, 0.29) is 16.9 Å². The van der Waals surface area contributed by atoms with E-state index in [4.69, 9.17) is 9.47 Å². The van der Waals surface area contributed by atoms with Crippen molar-refractivity contribution in [3.05, 3.63) is 52.5 Å². The predicted octanol–water partition coefficient (Wildman–Crippen LogP) is 2.20. The van der Waals surface area contributed by atoms with Crippen molar-refractivity contribution >= 4 is 32.2 Å². The summed E-state index contributed by atoms with van der Waals surface area (Å²) in [6, 6.07) is 11.9. The highest BCUT2D eigenvalue weighted by Gasteiger charge is 2.28. The van der Waals surface area contributed by atoms with Crippen molar-refractivity contribution in [3.63, 3.8) is 0 Å². The fourth-order valence-electron chi connectivity index (χ4n) is 2.89. The number of hydrazone groups is 1. The molecule has 3 N–H and O–H groups in total. The van der Waals surface area contributed by atoms with Crippen LogP contribution in [-0.2, 0) is 10.0 Å². The van der Waals surface area contributed by atoms with Gasteiger partial charge in [0, 0.05) is 23.1 Å². The molecule has 3 rings (SSSR count). The van der Waals surface area contributed by atoms with Crippen molar-refractivity contribution in [2.24, 2.45) is 11.0 Å². The van der Waals surface area contributed by atoms with Gasteiger partial charge in [-0.15, -0.1) is 0 Å². The van der Waals surface area contributed by atoms with Gasteiger partial charge in [-0.1, -0.05) is 22.0 Å². The summed E-state index contributed by atoms with van der Waals surface area (Å²) in [5.74, 6) is 1.20. The molecule has 1 saturated heterocycles. The normalized spacial score (nSPS) is 19.7. The lowest BCUT2D eigenvalue weighted by Crippen LogP contribution is -2.25. The Labute approximate surface area is 172 Å². The number of hydrazine groups is 1. The van der Waals surface area contributed by atoms with Crippen LogP contribution in [0.5, 0.6) is 11.5 Å². The minimum absolute atomic E-state index is 0.0641. The Balaban J connectivity index is 1.72. The minimum atomic E-state index is -3.72. The summed E-state index contributed by atoms with van der Waals surface area (Å²) in [7, 11) is -0.552. The molecule has 0 aromatic heterocycles. The van der Waals surface area contributed by atoms with E-state index in [2.05, 4.69) is 36.7 Å². The van der Waals surface area contributed by atoms with E-state index in [1.807, 2.05) is 18.2 Å². The molecule has 28 heavy (non-hydrogen) atoms. The van der Waals surface area contributed by atoms with Gasteiger partial charge in [-0.3, -0.25) is 5.43 Å². The van der Waals surface area contributed by atoms with Gasteiger partial charge in [0.15, 0.2) is 11.5 Å². The monoisotopic (exact) mass is 468 g/mol. The maximum Gasteiger partial charge on any atom is 0.276 e. The van der Waals surface area contributed by atoms with Crippen LogP contribution in [0.3, 0.4) is 0 Å². The first kappa shape index (κ1) is 20.6. The molecule has 0 saturated carbocycles. The molecule has 150 valence electrons. The highest BCUT2D eigenvalue weighted by Crippen LogP contribution is 2.32. The average Bonchev–Trinajstić information content (AvgIpc) is 3.16. The van der Waals surface area contributed by atoms with Gasteiger partial charge < -0.3 is 9.47 Å². The first-order chi connectivity index (χ1) is 13.4. The fraction of sp³-hybridized carbons (Fsp3) is 0.278. The lowest BCUT2D eigenvalue weighted by Gasteiger charge is -2.17. The van der Waals surface area contributed by atoms with E-state index < -0.39 is 10.0 Å². The highest BCUT2D eigenvalue weighted by atomic mass is 79.9. The predicted molar refractivity (Wildman–Crippen MR) is 110 cm³/mol. The zero-order valence-electron chi connectivity index (χ0n) is 15.3. The van der Waals surface area contributed by atoms with Crippen LogP contribution in [0.15, 0.2) is 56.9 Å². The molecule has 0 radical (unpaired) electrons. The summed E-state index contributed by atoms with van der Waals surface area (Å²) in [5, 5.41) is 3.97. The maximum atomic E-state index is 12.3. The van der Waals surface area contributed by atoms with E-state index in [0.29, 0.717) is 18.0 Å². The molecule has 1 fully saturated rings. The number of nitrogens with zero attached hydrogens (tertiary/aromatic N) is 1. The van der Waals surface area contributed by atoms with Crippen molar-refractivity contribution in [3.8, 4) is 11.5 Å². The van der Waals surface area contributed by atoms with Crippen molar-refractivity contribution in [2.75, 3.05) is 20.8 Å². The highest BCUT2D eigenvalue weighted by molar-refractivity contribution is 9.10. The summed E-state index contributed by atoms with van der Waals surface area (Å²) in [6.07, 6.45) is 1.59. The smallest absolute Gasteiger partial charge is 0.276 e. The van der Waals surface area contributed by atoms with Crippen molar-refractivity contribution in [1.82, 2.24) is 15.7 Å². The summed E-state index contributed by atoms with van der Waals surface area (Å²) < 4.78 is 36.1. The van der Waals surface area contributed by atoms with E-state index in [1.165, 1.54) is 12.1 Å². The minimum Gasteiger partial charge on any atom is -0.493 e. The number of ether oxygens (including phenoxy) is 2. The summed E-state index contributed by atoms with van der Waals surface area (Å²) in [6.45, 7) is 0.600. The van der Waals surface area contributed by atoms with E-state index in [0.717, 1.165) is 10.0 Å². The summed E-state index contributed by atoms with van der Waals surface area (Å²) >= 11 is 3.28. The number of halogens is 1. The SMILES string of the molecule is COc1ccc(C2NNCC2/C=N\NS(=O)(=O)c2ccc(Br)cc2)cc1OC. The van der Waals surface area contributed by atoms with E-state index >= 15 is 0 Å². The van der Waals surface area contributed by atoms with Crippen LogP contribution < -0.4 is 25.2 Å². The standard InChI is InChI=1S/C18H21BrN4O4S/c1-26-16-8-3-12(9-17(16)27-2)18-13(10-20-22-18)11-21-23-28(24,25)15-6-4-14(19)5-7-15/h3-9,11,13,18,20,22-23H,10H2,1-2H3/b21-11-. The van der Waals surface area contributed by atoms with Crippen LogP contribution >= 0.6 is 15.9 Å². The third-order valence-corrected chi connectivity index (χ3v) is 6.12. The number of sulfonamides is 1. The molecule has 8 nitrogen and oxygen atoms in total. The number of rotatable bonds is 7. The van der Waals surface area contributed by atoms with E-state index in [1.54, 1.807) is 32.6 Å². The molecule has 2 aromatic carbocycles. The largest absolute Gasteiger partial charge is 0.493 e. The molecule has 1 aliphatic rings. The molecular formula is C18H21BrN4O4S. The number of benzene rings is 2. The fourth-order valence-corrected chi connectivity index (χ4v) is 3.95. The molecule has 2 aromatic rings. The third kappa shape index (κ3) is 4.64. The topological polar surface area (TPSA) is 101 Å². The molecule has 10 heteroatoms. The van der Waals surface area contributed by atoms with Gasteiger partial charge in [-0.25, -0.2) is 10.3 Å². The Morgan fingerprint density at radius 1 is 1.14 bits per heavy atom. The first-order valence-electron chi connectivity index (χ1n) is 8.45. The molecule has 2 atom stereocenters. The van der Waals surface area contributed by atoms with Crippen molar-refractivity contribution < 1.29 is 17.9 Å². The molecule has 0 amide bonds. The molecule has 2 unspecified atom stereocenters. The Hall–Kier alpha value is -2.14. The van der Waals surface area contributed by atoms with Crippen LogP contribution in [0.4, 0.5) is 0 Å². The molecule has 0 aliphatic carbocycles. The zero-order chi connectivity index (χ0) is 20.1. The third-order valence-electron chi connectivity index (χ3n) is 4.35. The quantitative estimate of drug-likeness (QED) is 0.425. The number of hydrogen-bond acceptors (Lipinski definition) is 7. The second-order valence-electron chi connectivity index (χ2n) is 6.11. The maximum absolute atomic E-state index is 12.3. The number of hydrogen-bond donors (Lipinski definition) is 3. The lowest BCUT2D eigenvalue weighted by molar-refractivity contribution is 0.353. The van der Waals surface area contributed by atoms with Gasteiger partial charge >= 0.3 is 0 Å². The van der Waals surface area contributed by atoms with Gasteiger partial charge in [0.1, 0.15) is 0 Å². The second-order valence-corrected chi connectivity index (χ2v) is 8.68.